The first-order valence-corrected chi connectivity index (χ1v) is 4.82. The first-order chi connectivity index (χ1) is 6.77. The molecule has 0 unspecified atom stereocenters. The Kier molecular flexibility index (Phi) is 2.45. The number of hydrogen-bond donors (Lipinski definition) is 1. The Labute approximate surface area is 87.4 Å². The van der Waals surface area contributed by atoms with Crippen LogP contribution >= 0.6 is 12.2 Å². The number of aromatic amines is 1. The van der Waals surface area contributed by atoms with Crippen molar-refractivity contribution in [3.05, 3.63) is 46.8 Å². The molecule has 0 aliphatic heterocycles. The Morgan fingerprint density at radius 2 is 2.43 bits per heavy atom. The Morgan fingerprint density at radius 3 is 3.07 bits per heavy atom. The van der Waals surface area contributed by atoms with E-state index in [1.807, 2.05) is 23.0 Å². The highest BCUT2D eigenvalue weighted by atomic mass is 32.1. The zero-order valence-corrected chi connectivity index (χ0v) is 8.71. The van der Waals surface area contributed by atoms with E-state index in [-0.39, 0.29) is 0 Å². The van der Waals surface area contributed by atoms with Crippen molar-refractivity contribution in [2.75, 3.05) is 0 Å². The van der Waals surface area contributed by atoms with Gasteiger partial charge in [-0.1, -0.05) is 6.07 Å². The van der Waals surface area contributed by atoms with Crippen LogP contribution in [-0.2, 0) is 6.54 Å². The van der Waals surface area contributed by atoms with Crippen LogP contribution in [0.15, 0.2) is 30.7 Å². The van der Waals surface area contributed by atoms with Gasteiger partial charge >= 0.3 is 0 Å². The van der Waals surface area contributed by atoms with Crippen LogP contribution < -0.4 is 0 Å². The summed E-state index contributed by atoms with van der Waals surface area (Å²) in [7, 11) is 0. The van der Waals surface area contributed by atoms with Gasteiger partial charge in [0.2, 0.25) is 0 Å². The number of hydrogen-bond acceptors (Lipinski definition) is 2. The van der Waals surface area contributed by atoms with Crippen LogP contribution in [-0.4, -0.2) is 14.5 Å². The van der Waals surface area contributed by atoms with Crippen molar-refractivity contribution in [3.63, 3.8) is 0 Å². The standard InChI is InChI=1S/C10H11N3S/c1-8-3-2-4-11-9(8)7-13-6-5-12-10(13)14/h2-6H,7H2,1H3,(H,12,14). The topological polar surface area (TPSA) is 33.6 Å². The van der Waals surface area contributed by atoms with E-state index in [9.17, 15) is 0 Å². The van der Waals surface area contributed by atoms with Crippen molar-refractivity contribution in [2.45, 2.75) is 13.5 Å². The highest BCUT2D eigenvalue weighted by Crippen LogP contribution is 2.05. The molecule has 2 aromatic rings. The largest absolute Gasteiger partial charge is 0.337 e. The molecular formula is C10H11N3S. The molecule has 0 saturated heterocycles. The monoisotopic (exact) mass is 205 g/mol. The number of pyridine rings is 1. The summed E-state index contributed by atoms with van der Waals surface area (Å²) in [5.74, 6) is 0. The van der Waals surface area contributed by atoms with Crippen molar-refractivity contribution < 1.29 is 0 Å². The highest BCUT2D eigenvalue weighted by Gasteiger charge is 2.00. The first-order valence-electron chi connectivity index (χ1n) is 4.41. The van der Waals surface area contributed by atoms with Gasteiger partial charge in [-0.15, -0.1) is 0 Å². The lowest BCUT2D eigenvalue weighted by Gasteiger charge is -2.04. The number of rotatable bonds is 2. The maximum Gasteiger partial charge on any atom is 0.177 e. The van der Waals surface area contributed by atoms with Gasteiger partial charge in [0.05, 0.1) is 12.2 Å². The molecule has 0 aliphatic rings. The van der Waals surface area contributed by atoms with Crippen molar-refractivity contribution >= 4 is 12.2 Å². The molecule has 72 valence electrons. The molecule has 2 rings (SSSR count). The zero-order chi connectivity index (χ0) is 9.97. The van der Waals surface area contributed by atoms with Crippen molar-refractivity contribution in [2.24, 2.45) is 0 Å². The maximum absolute atomic E-state index is 5.11. The fourth-order valence-electron chi connectivity index (χ4n) is 1.32. The molecule has 2 heterocycles. The lowest BCUT2D eigenvalue weighted by molar-refractivity contribution is 0.755. The summed E-state index contributed by atoms with van der Waals surface area (Å²) in [6.07, 6.45) is 5.57. The van der Waals surface area contributed by atoms with Crippen molar-refractivity contribution in [1.82, 2.24) is 14.5 Å². The van der Waals surface area contributed by atoms with Gasteiger partial charge in [0, 0.05) is 18.6 Å². The molecule has 4 heteroatoms. The van der Waals surface area contributed by atoms with E-state index in [1.54, 1.807) is 6.20 Å². The number of nitrogens with zero attached hydrogens (tertiary/aromatic N) is 2. The Balaban J connectivity index is 2.32. The number of nitrogens with one attached hydrogen (secondary N) is 1. The van der Waals surface area contributed by atoms with Crippen LogP contribution in [0.25, 0.3) is 0 Å². The van der Waals surface area contributed by atoms with Gasteiger partial charge in [-0.3, -0.25) is 4.98 Å². The lowest BCUT2D eigenvalue weighted by atomic mass is 10.2. The van der Waals surface area contributed by atoms with Crippen LogP contribution in [0.4, 0.5) is 0 Å². The summed E-state index contributed by atoms with van der Waals surface area (Å²) < 4.78 is 2.69. The third-order valence-corrected chi connectivity index (χ3v) is 2.51. The van der Waals surface area contributed by atoms with Gasteiger partial charge in [-0.05, 0) is 30.8 Å². The van der Waals surface area contributed by atoms with Crippen LogP contribution in [0.5, 0.6) is 0 Å². The van der Waals surface area contributed by atoms with E-state index in [1.165, 1.54) is 5.56 Å². The maximum atomic E-state index is 5.11. The average Bonchev–Trinajstić information content (AvgIpc) is 2.56. The summed E-state index contributed by atoms with van der Waals surface area (Å²) in [5, 5.41) is 0. The molecule has 3 nitrogen and oxygen atoms in total. The SMILES string of the molecule is Cc1cccnc1Cn1cc[nH]c1=S. The molecule has 0 aromatic carbocycles. The summed E-state index contributed by atoms with van der Waals surface area (Å²) in [6, 6.07) is 3.99. The van der Waals surface area contributed by atoms with E-state index in [0.29, 0.717) is 0 Å². The smallest absolute Gasteiger partial charge is 0.177 e. The summed E-state index contributed by atoms with van der Waals surface area (Å²) in [5.41, 5.74) is 2.25. The second kappa shape index (κ2) is 3.75. The number of aromatic nitrogens is 3. The van der Waals surface area contributed by atoms with Gasteiger partial charge in [-0.2, -0.15) is 0 Å². The molecule has 0 bridgehead atoms. The number of aryl methyl sites for hydroxylation is 1. The fraction of sp³-hybridized carbons (Fsp3) is 0.200. The lowest BCUT2D eigenvalue weighted by Crippen LogP contribution is -2.02. The third-order valence-electron chi connectivity index (χ3n) is 2.16. The highest BCUT2D eigenvalue weighted by molar-refractivity contribution is 7.71. The molecule has 0 spiro atoms. The van der Waals surface area contributed by atoms with Crippen molar-refractivity contribution in [3.8, 4) is 0 Å². The second-order valence-electron chi connectivity index (χ2n) is 3.16. The number of H-pyrrole nitrogens is 1. The normalized spacial score (nSPS) is 10.4. The van der Waals surface area contributed by atoms with Crippen LogP contribution in [0.2, 0.25) is 0 Å². The predicted octanol–water partition coefficient (Wildman–Crippen LogP) is 2.30. The quantitative estimate of drug-likeness (QED) is 0.763. The Hall–Kier alpha value is -1.42. The van der Waals surface area contributed by atoms with Gasteiger partial charge < -0.3 is 9.55 Å². The Bertz CT molecular complexity index is 484. The first kappa shape index (κ1) is 9.15. The molecule has 14 heavy (non-hydrogen) atoms. The summed E-state index contributed by atoms with van der Waals surface area (Å²) >= 11 is 5.11. The molecule has 0 aliphatic carbocycles. The minimum atomic E-state index is 0.731. The summed E-state index contributed by atoms with van der Waals surface area (Å²) in [6.45, 7) is 2.79. The van der Waals surface area contributed by atoms with Gasteiger partial charge in [-0.25, -0.2) is 0 Å². The number of imidazole rings is 1. The minimum absolute atomic E-state index is 0.731. The van der Waals surface area contributed by atoms with Gasteiger partial charge in [0.1, 0.15) is 0 Å². The molecule has 0 radical (unpaired) electrons. The van der Waals surface area contributed by atoms with E-state index in [2.05, 4.69) is 23.0 Å². The molecule has 0 atom stereocenters. The Morgan fingerprint density at radius 1 is 1.57 bits per heavy atom. The van der Waals surface area contributed by atoms with E-state index >= 15 is 0 Å². The van der Waals surface area contributed by atoms with E-state index < -0.39 is 0 Å². The van der Waals surface area contributed by atoms with E-state index in [4.69, 9.17) is 12.2 Å². The molecular weight excluding hydrogens is 194 g/mol. The van der Waals surface area contributed by atoms with Gasteiger partial charge in [0.15, 0.2) is 4.77 Å². The zero-order valence-electron chi connectivity index (χ0n) is 7.90. The third kappa shape index (κ3) is 1.75. The molecule has 0 saturated carbocycles. The van der Waals surface area contributed by atoms with Gasteiger partial charge in [0.25, 0.3) is 0 Å². The molecule has 1 N–H and O–H groups in total. The van der Waals surface area contributed by atoms with Crippen LogP contribution in [0, 0.1) is 11.7 Å². The molecule has 0 fully saturated rings. The molecule has 2 aromatic heterocycles. The van der Waals surface area contributed by atoms with E-state index in [0.717, 1.165) is 17.0 Å². The molecule has 0 amide bonds. The van der Waals surface area contributed by atoms with Crippen molar-refractivity contribution in [1.29, 1.82) is 0 Å². The van der Waals surface area contributed by atoms with Crippen LogP contribution in [0.1, 0.15) is 11.3 Å². The summed E-state index contributed by atoms with van der Waals surface area (Å²) in [4.78, 5) is 7.27. The van der Waals surface area contributed by atoms with Crippen LogP contribution in [0.3, 0.4) is 0 Å². The minimum Gasteiger partial charge on any atom is -0.337 e. The average molecular weight is 205 g/mol. The predicted molar refractivity (Wildman–Crippen MR) is 57.7 cm³/mol. The fourth-order valence-corrected chi connectivity index (χ4v) is 1.51. The second-order valence-corrected chi connectivity index (χ2v) is 3.55.